The molecule has 0 atom stereocenters. The largest absolute Gasteiger partial charge is 0.348 e. The van der Waals surface area contributed by atoms with Crippen molar-refractivity contribution in [1.82, 2.24) is 5.32 Å². The van der Waals surface area contributed by atoms with E-state index >= 15 is 0 Å². The molecule has 130 valence electrons. The molecule has 0 spiro atoms. The van der Waals surface area contributed by atoms with Gasteiger partial charge in [0.1, 0.15) is 5.82 Å². The van der Waals surface area contributed by atoms with Crippen molar-refractivity contribution in [3.63, 3.8) is 0 Å². The average Bonchev–Trinajstić information content (AvgIpc) is 2.68. The minimum absolute atomic E-state index is 0.277. The molecule has 0 fully saturated rings. The lowest BCUT2D eigenvalue weighted by atomic mass is 10.1. The zero-order valence-electron chi connectivity index (χ0n) is 13.9. The van der Waals surface area contributed by atoms with Crippen molar-refractivity contribution in [2.24, 2.45) is 0 Å². The van der Waals surface area contributed by atoms with Crippen LogP contribution in [0, 0.1) is 5.82 Å². The number of anilines is 1. The minimum atomic E-state index is -0.322. The van der Waals surface area contributed by atoms with E-state index in [-0.39, 0.29) is 24.2 Å². The molecule has 0 radical (unpaired) electrons. The molecule has 0 bridgehead atoms. The second kappa shape index (κ2) is 8.07. The first kappa shape index (κ1) is 17.4. The molecule has 0 aliphatic rings. The van der Waals surface area contributed by atoms with Crippen LogP contribution < -0.4 is 10.6 Å². The number of nitrogens with one attached hydrogen (secondary N) is 2. The van der Waals surface area contributed by atoms with E-state index in [1.54, 1.807) is 42.5 Å². The Balaban J connectivity index is 1.65. The summed E-state index contributed by atoms with van der Waals surface area (Å²) < 4.78 is 12.9. The van der Waals surface area contributed by atoms with Crippen molar-refractivity contribution >= 4 is 17.5 Å². The number of carbonyl (C=O) groups excluding carboxylic acids is 2. The summed E-state index contributed by atoms with van der Waals surface area (Å²) in [6, 6.07) is 21.5. The van der Waals surface area contributed by atoms with Crippen molar-refractivity contribution in [2.75, 3.05) is 5.32 Å². The van der Waals surface area contributed by atoms with Crippen molar-refractivity contribution in [3.8, 4) is 0 Å². The number of amides is 2. The molecule has 0 aliphatic carbocycles. The summed E-state index contributed by atoms with van der Waals surface area (Å²) in [4.78, 5) is 24.6. The third-order valence-corrected chi connectivity index (χ3v) is 3.78. The summed E-state index contributed by atoms with van der Waals surface area (Å²) in [6.45, 7) is 0.277. The molecule has 0 saturated carbocycles. The molecule has 4 nitrogen and oxygen atoms in total. The minimum Gasteiger partial charge on any atom is -0.348 e. The van der Waals surface area contributed by atoms with Gasteiger partial charge in [-0.05, 0) is 48.0 Å². The van der Waals surface area contributed by atoms with Crippen molar-refractivity contribution in [3.05, 3.63) is 101 Å². The summed E-state index contributed by atoms with van der Waals surface area (Å²) in [5.41, 5.74) is 2.25. The van der Waals surface area contributed by atoms with Crippen molar-refractivity contribution in [1.29, 1.82) is 0 Å². The van der Waals surface area contributed by atoms with E-state index in [2.05, 4.69) is 10.6 Å². The highest BCUT2D eigenvalue weighted by Gasteiger charge is 2.10. The molecule has 5 heteroatoms. The van der Waals surface area contributed by atoms with Crippen LogP contribution in [0.3, 0.4) is 0 Å². The lowest BCUT2D eigenvalue weighted by Gasteiger charge is -2.08. The third-order valence-electron chi connectivity index (χ3n) is 3.78. The summed E-state index contributed by atoms with van der Waals surface area (Å²) in [5, 5.41) is 5.54. The van der Waals surface area contributed by atoms with E-state index in [1.165, 1.54) is 18.2 Å². The average molecular weight is 348 g/mol. The highest BCUT2D eigenvalue weighted by molar-refractivity contribution is 6.06. The number of benzene rings is 3. The number of halogens is 1. The molecule has 3 aromatic carbocycles. The van der Waals surface area contributed by atoms with Crippen LogP contribution >= 0.6 is 0 Å². The maximum atomic E-state index is 12.9. The second-order valence-electron chi connectivity index (χ2n) is 5.71. The molecule has 3 rings (SSSR count). The summed E-state index contributed by atoms with van der Waals surface area (Å²) in [6.07, 6.45) is 0. The Labute approximate surface area is 150 Å². The molecule has 2 N–H and O–H groups in total. The van der Waals surface area contributed by atoms with Gasteiger partial charge in [-0.1, -0.05) is 36.4 Å². The van der Waals surface area contributed by atoms with Crippen LogP contribution in [0.25, 0.3) is 0 Å². The van der Waals surface area contributed by atoms with Gasteiger partial charge >= 0.3 is 0 Å². The lowest BCUT2D eigenvalue weighted by Crippen LogP contribution is -2.23. The fraction of sp³-hybridized carbons (Fsp3) is 0.0476. The Kier molecular flexibility index (Phi) is 5.39. The maximum Gasteiger partial charge on any atom is 0.255 e. The third kappa shape index (κ3) is 4.54. The highest BCUT2D eigenvalue weighted by Crippen LogP contribution is 2.11. The Bertz CT molecular complexity index is 909. The topological polar surface area (TPSA) is 58.2 Å². The Hall–Kier alpha value is -3.47. The molecule has 0 aliphatic heterocycles. The standard InChI is InChI=1S/C21H17FN2O2/c22-18-11-9-15(10-12-18)14-23-20(25)16-5-4-6-17(13-16)21(26)24-19-7-2-1-3-8-19/h1-13H,14H2,(H,23,25)(H,24,26). The van der Waals surface area contributed by atoms with Gasteiger partial charge in [-0.25, -0.2) is 4.39 Å². The second-order valence-corrected chi connectivity index (χ2v) is 5.71. The van der Waals surface area contributed by atoms with Gasteiger partial charge in [0.15, 0.2) is 0 Å². The molecular formula is C21H17FN2O2. The molecular weight excluding hydrogens is 331 g/mol. The van der Waals surface area contributed by atoms with Crippen LogP contribution in [-0.4, -0.2) is 11.8 Å². The van der Waals surface area contributed by atoms with Gasteiger partial charge in [0.25, 0.3) is 11.8 Å². The molecule has 0 saturated heterocycles. The molecule has 0 unspecified atom stereocenters. The number of hydrogen-bond donors (Lipinski definition) is 2. The lowest BCUT2D eigenvalue weighted by molar-refractivity contribution is 0.0951. The van der Waals surface area contributed by atoms with Gasteiger partial charge in [0, 0.05) is 23.4 Å². The summed E-state index contributed by atoms with van der Waals surface area (Å²) >= 11 is 0. The predicted octanol–water partition coefficient (Wildman–Crippen LogP) is 4.01. The van der Waals surface area contributed by atoms with Gasteiger partial charge in [-0.3, -0.25) is 9.59 Å². The number of rotatable bonds is 5. The van der Waals surface area contributed by atoms with Gasteiger partial charge in [-0.2, -0.15) is 0 Å². The van der Waals surface area contributed by atoms with E-state index in [9.17, 15) is 14.0 Å². The molecule has 26 heavy (non-hydrogen) atoms. The zero-order valence-corrected chi connectivity index (χ0v) is 13.9. The molecule has 2 amide bonds. The number of hydrogen-bond acceptors (Lipinski definition) is 2. The van der Waals surface area contributed by atoms with Crippen LogP contribution in [-0.2, 0) is 6.54 Å². The number of para-hydroxylation sites is 1. The first-order valence-electron chi connectivity index (χ1n) is 8.11. The Morgan fingerprint density at radius 2 is 1.42 bits per heavy atom. The predicted molar refractivity (Wildman–Crippen MR) is 98.4 cm³/mol. The van der Waals surface area contributed by atoms with E-state index < -0.39 is 0 Å². The normalized spacial score (nSPS) is 10.2. The van der Waals surface area contributed by atoms with Gasteiger partial charge in [0.2, 0.25) is 0 Å². The quantitative estimate of drug-likeness (QED) is 0.732. The first-order chi connectivity index (χ1) is 12.6. The SMILES string of the molecule is O=C(NCc1ccc(F)cc1)c1cccc(C(=O)Nc2ccccc2)c1. The smallest absolute Gasteiger partial charge is 0.255 e. The first-order valence-corrected chi connectivity index (χ1v) is 8.11. The molecule has 0 heterocycles. The van der Waals surface area contributed by atoms with Crippen molar-refractivity contribution < 1.29 is 14.0 Å². The number of carbonyl (C=O) groups is 2. The van der Waals surface area contributed by atoms with Crippen molar-refractivity contribution in [2.45, 2.75) is 6.54 Å². The Morgan fingerprint density at radius 1 is 0.769 bits per heavy atom. The summed E-state index contributed by atoms with van der Waals surface area (Å²) in [5.74, 6) is -0.912. The highest BCUT2D eigenvalue weighted by atomic mass is 19.1. The van der Waals surface area contributed by atoms with Gasteiger partial charge < -0.3 is 10.6 Å². The van der Waals surface area contributed by atoms with Gasteiger partial charge in [0.05, 0.1) is 0 Å². The van der Waals surface area contributed by atoms with Gasteiger partial charge in [-0.15, -0.1) is 0 Å². The fourth-order valence-electron chi connectivity index (χ4n) is 2.41. The summed E-state index contributed by atoms with van der Waals surface area (Å²) in [7, 11) is 0. The van der Waals surface area contributed by atoms with Crippen LogP contribution in [0.4, 0.5) is 10.1 Å². The molecule has 0 aromatic heterocycles. The monoisotopic (exact) mass is 348 g/mol. The maximum absolute atomic E-state index is 12.9. The van der Waals surface area contributed by atoms with Crippen LogP contribution in [0.5, 0.6) is 0 Å². The van der Waals surface area contributed by atoms with E-state index in [4.69, 9.17) is 0 Å². The zero-order chi connectivity index (χ0) is 18.4. The Morgan fingerprint density at radius 3 is 2.12 bits per heavy atom. The van der Waals surface area contributed by atoms with Crippen LogP contribution in [0.15, 0.2) is 78.9 Å². The van der Waals surface area contributed by atoms with Crippen LogP contribution in [0.2, 0.25) is 0 Å². The van der Waals surface area contributed by atoms with E-state index in [0.29, 0.717) is 16.8 Å². The van der Waals surface area contributed by atoms with E-state index in [1.807, 2.05) is 18.2 Å². The van der Waals surface area contributed by atoms with Crippen LogP contribution in [0.1, 0.15) is 26.3 Å². The molecule has 3 aromatic rings. The fourth-order valence-corrected chi connectivity index (χ4v) is 2.41. The van der Waals surface area contributed by atoms with E-state index in [0.717, 1.165) is 5.56 Å².